The Morgan fingerprint density at radius 2 is 1.40 bits per heavy atom. The van der Waals surface area contributed by atoms with Crippen LogP contribution < -0.4 is 10.9 Å². The van der Waals surface area contributed by atoms with E-state index in [1.165, 1.54) is 82.5 Å². The second kappa shape index (κ2) is 5.87. The van der Waals surface area contributed by atoms with Crippen LogP contribution in [0.25, 0.3) is 60.4 Å². The third-order valence-corrected chi connectivity index (χ3v) is 8.48. The molecule has 0 unspecified atom stereocenters. The van der Waals surface area contributed by atoms with Crippen molar-refractivity contribution in [3.05, 3.63) is 102 Å². The quantitative estimate of drug-likeness (QED) is 0.238. The van der Waals surface area contributed by atoms with Gasteiger partial charge in [0, 0.05) is 43.8 Å². The highest BCUT2D eigenvalue weighted by molar-refractivity contribution is 6.90. The minimum absolute atomic E-state index is 0.151. The molecule has 162 valence electrons. The molecule has 2 aliphatic rings. The van der Waals surface area contributed by atoms with Crippen LogP contribution in [0, 0.1) is 13.8 Å². The van der Waals surface area contributed by atoms with Gasteiger partial charge in [-0.15, -0.1) is 0 Å². The molecule has 0 saturated carbocycles. The maximum atomic E-state index is 2.65. The zero-order valence-electron chi connectivity index (χ0n) is 19.6. The van der Waals surface area contributed by atoms with E-state index in [2.05, 4.69) is 114 Å². The molecule has 35 heavy (non-hydrogen) atoms. The lowest BCUT2D eigenvalue weighted by Gasteiger charge is -2.34. The van der Waals surface area contributed by atoms with E-state index < -0.39 is 0 Å². The van der Waals surface area contributed by atoms with Gasteiger partial charge in [-0.05, 0) is 59.7 Å². The number of hydrogen-bond acceptors (Lipinski definition) is 0. The third kappa shape index (κ3) is 1.94. The fourth-order valence-electron chi connectivity index (χ4n) is 7.15. The first-order valence-electron chi connectivity index (χ1n) is 12.4. The minimum Gasteiger partial charge on any atom is -0.375 e. The van der Waals surface area contributed by atoms with Crippen LogP contribution in [0.1, 0.15) is 11.1 Å². The fraction of sp³-hybridized carbons (Fsp3) is 0.0625. The number of nitrogens with zero attached hydrogens (tertiary/aromatic N) is 2. The Balaban J connectivity index is 1.60. The summed E-state index contributed by atoms with van der Waals surface area (Å²) in [5.74, 6) is 0. The summed E-state index contributed by atoms with van der Waals surface area (Å²) >= 11 is 0. The summed E-state index contributed by atoms with van der Waals surface area (Å²) in [6, 6.07) is 34.3. The van der Waals surface area contributed by atoms with Crippen molar-refractivity contribution in [1.82, 2.24) is 9.05 Å². The molecule has 0 saturated heterocycles. The number of rotatable bonds is 0. The topological polar surface area (TPSA) is 9.86 Å². The Bertz CT molecular complexity index is 2090. The number of hydrogen-bond donors (Lipinski definition) is 0. The first kappa shape index (κ1) is 18.1. The number of aryl methyl sites for hydroxylation is 2. The lowest BCUT2D eigenvalue weighted by molar-refractivity contribution is 1.17. The van der Waals surface area contributed by atoms with Gasteiger partial charge in [-0.2, -0.15) is 0 Å². The van der Waals surface area contributed by atoms with Crippen LogP contribution in [0.3, 0.4) is 0 Å². The molecule has 0 amide bonds. The van der Waals surface area contributed by atoms with Crippen LogP contribution >= 0.6 is 0 Å². The average molecular weight is 444 g/mol. The van der Waals surface area contributed by atoms with E-state index >= 15 is 0 Å². The molecule has 2 aliphatic heterocycles. The zero-order chi connectivity index (χ0) is 23.0. The number of benzene rings is 5. The number of para-hydroxylation sites is 2. The highest BCUT2D eigenvalue weighted by Crippen LogP contribution is 2.43. The Labute approximate surface area is 203 Å². The molecule has 0 spiro atoms. The van der Waals surface area contributed by atoms with E-state index in [1.807, 2.05) is 0 Å². The van der Waals surface area contributed by atoms with Gasteiger partial charge < -0.3 is 9.05 Å². The highest BCUT2D eigenvalue weighted by Gasteiger charge is 2.41. The zero-order valence-corrected chi connectivity index (χ0v) is 19.6. The van der Waals surface area contributed by atoms with Gasteiger partial charge in [0.05, 0.1) is 11.0 Å². The Hall–Kier alpha value is -4.24. The van der Waals surface area contributed by atoms with Gasteiger partial charge in [0.2, 0.25) is 0 Å². The molecule has 0 aliphatic carbocycles. The molecule has 2 aromatic heterocycles. The predicted octanol–water partition coefficient (Wildman–Crippen LogP) is 6.46. The van der Waals surface area contributed by atoms with E-state index in [4.69, 9.17) is 0 Å². The van der Waals surface area contributed by atoms with Crippen LogP contribution in [-0.2, 0) is 0 Å². The maximum Gasteiger partial charge on any atom is 0.333 e. The minimum atomic E-state index is 0.151. The molecule has 0 bridgehead atoms. The Kier molecular flexibility index (Phi) is 3.04. The second-order valence-corrected chi connectivity index (χ2v) is 10.3. The van der Waals surface area contributed by atoms with Gasteiger partial charge in [0.1, 0.15) is 0 Å². The number of aromatic nitrogens is 2. The lowest BCUT2D eigenvalue weighted by Crippen LogP contribution is -2.55. The summed E-state index contributed by atoms with van der Waals surface area (Å²) in [5, 5.41) is 5.37. The maximum absolute atomic E-state index is 2.65. The van der Waals surface area contributed by atoms with Gasteiger partial charge in [0.25, 0.3) is 0 Å². The van der Waals surface area contributed by atoms with Crippen molar-refractivity contribution in [2.75, 3.05) is 0 Å². The van der Waals surface area contributed by atoms with Gasteiger partial charge in [0.15, 0.2) is 0 Å². The van der Waals surface area contributed by atoms with Crippen LogP contribution in [0.15, 0.2) is 91.0 Å². The van der Waals surface area contributed by atoms with Crippen molar-refractivity contribution in [2.45, 2.75) is 13.8 Å². The van der Waals surface area contributed by atoms with Crippen molar-refractivity contribution in [2.24, 2.45) is 0 Å². The Morgan fingerprint density at radius 1 is 0.629 bits per heavy atom. The molecule has 9 rings (SSSR count). The summed E-state index contributed by atoms with van der Waals surface area (Å²) in [6.07, 6.45) is 0. The van der Waals surface area contributed by atoms with Gasteiger partial charge in [-0.3, -0.25) is 0 Å². The lowest BCUT2D eigenvalue weighted by atomic mass is 9.45. The normalized spacial score (nSPS) is 13.4. The summed E-state index contributed by atoms with van der Waals surface area (Å²) in [7, 11) is 0. The van der Waals surface area contributed by atoms with Crippen LogP contribution in [-0.4, -0.2) is 15.9 Å². The summed E-state index contributed by atoms with van der Waals surface area (Å²) in [4.78, 5) is 0. The Morgan fingerprint density at radius 3 is 2.34 bits per heavy atom. The SMILES string of the molecule is Cc1ccc2c3ccc(C)c4c3n(c2c1)B1c2c-4cccc2-n2c3ccccc3c3cccc1c32. The fourth-order valence-corrected chi connectivity index (χ4v) is 7.15. The molecule has 0 N–H and O–H groups in total. The standard InChI is InChI=1S/C32H21BN2/c1-18-13-15-21-23-16-14-19(2)29-24-9-6-12-27-30(24)33(35(32(23)29)28(21)17-18)25-10-5-8-22-20-7-3-4-11-26(20)34(27)31(22)25/h3-17H,1-2H3. The molecule has 5 aromatic carbocycles. The second-order valence-electron chi connectivity index (χ2n) is 10.3. The van der Waals surface area contributed by atoms with E-state index in [0.29, 0.717) is 0 Å². The van der Waals surface area contributed by atoms with Crippen molar-refractivity contribution < 1.29 is 0 Å². The molecular formula is C32H21BN2. The van der Waals surface area contributed by atoms with E-state index in [0.717, 1.165) is 0 Å². The summed E-state index contributed by atoms with van der Waals surface area (Å²) < 4.78 is 5.18. The monoisotopic (exact) mass is 444 g/mol. The summed E-state index contributed by atoms with van der Waals surface area (Å²) in [6.45, 7) is 4.62. The van der Waals surface area contributed by atoms with E-state index in [1.54, 1.807) is 0 Å². The van der Waals surface area contributed by atoms with Crippen molar-refractivity contribution in [3.8, 4) is 16.8 Å². The van der Waals surface area contributed by atoms with E-state index in [9.17, 15) is 0 Å². The van der Waals surface area contributed by atoms with Gasteiger partial charge >= 0.3 is 6.85 Å². The summed E-state index contributed by atoms with van der Waals surface area (Å²) in [5.41, 5.74) is 14.9. The van der Waals surface area contributed by atoms with E-state index in [-0.39, 0.29) is 6.85 Å². The molecule has 4 heterocycles. The molecule has 2 nitrogen and oxygen atoms in total. The first-order valence-corrected chi connectivity index (χ1v) is 12.4. The molecule has 0 radical (unpaired) electrons. The van der Waals surface area contributed by atoms with Crippen molar-refractivity contribution >= 4 is 61.4 Å². The predicted molar refractivity (Wildman–Crippen MR) is 149 cm³/mol. The smallest absolute Gasteiger partial charge is 0.333 e. The van der Waals surface area contributed by atoms with Crippen molar-refractivity contribution in [1.29, 1.82) is 0 Å². The largest absolute Gasteiger partial charge is 0.375 e. The van der Waals surface area contributed by atoms with Gasteiger partial charge in [-0.1, -0.05) is 72.8 Å². The number of fused-ring (bicyclic) bond motifs is 10. The molecule has 0 atom stereocenters. The van der Waals surface area contributed by atoms with Crippen LogP contribution in [0.5, 0.6) is 0 Å². The van der Waals surface area contributed by atoms with Gasteiger partial charge in [-0.25, -0.2) is 0 Å². The van der Waals surface area contributed by atoms with Crippen molar-refractivity contribution in [3.63, 3.8) is 0 Å². The molecular weight excluding hydrogens is 423 g/mol. The molecule has 3 heteroatoms. The van der Waals surface area contributed by atoms with Crippen LogP contribution in [0.4, 0.5) is 0 Å². The molecule has 0 fully saturated rings. The van der Waals surface area contributed by atoms with Crippen LogP contribution in [0.2, 0.25) is 0 Å². The molecule has 7 aromatic rings. The first-order chi connectivity index (χ1) is 17.2. The third-order valence-electron chi connectivity index (χ3n) is 8.48. The highest BCUT2D eigenvalue weighted by atomic mass is 15.0. The average Bonchev–Trinajstić information content (AvgIpc) is 3.39.